The van der Waals surface area contributed by atoms with Gasteiger partial charge in [0.1, 0.15) is 10.8 Å². The molecule has 150 valence electrons. The Labute approximate surface area is 172 Å². The van der Waals surface area contributed by atoms with Gasteiger partial charge in [-0.25, -0.2) is 4.79 Å². The first-order valence-electron chi connectivity index (χ1n) is 9.32. The molecule has 2 amide bonds. The highest BCUT2D eigenvalue weighted by Crippen LogP contribution is 2.38. The van der Waals surface area contributed by atoms with Crippen molar-refractivity contribution in [2.75, 3.05) is 13.2 Å². The number of urea groups is 1. The molecule has 4 rings (SSSR count). The number of rotatable bonds is 4. The highest BCUT2D eigenvalue weighted by molar-refractivity contribution is 7.15. The predicted molar refractivity (Wildman–Crippen MR) is 112 cm³/mol. The molecule has 1 aliphatic rings. The Morgan fingerprint density at radius 3 is 2.69 bits per heavy atom. The van der Waals surface area contributed by atoms with Crippen LogP contribution in [0.1, 0.15) is 39.4 Å². The number of carbonyl (C=O) groups excluding carboxylic acids is 1. The maximum Gasteiger partial charge on any atom is 0.316 e. The van der Waals surface area contributed by atoms with Crippen molar-refractivity contribution in [2.45, 2.75) is 26.9 Å². The first-order chi connectivity index (χ1) is 14.0. The molecule has 0 saturated heterocycles. The van der Waals surface area contributed by atoms with Crippen molar-refractivity contribution in [3.63, 3.8) is 0 Å². The van der Waals surface area contributed by atoms with Gasteiger partial charge in [0.15, 0.2) is 12.0 Å². The summed E-state index contributed by atoms with van der Waals surface area (Å²) in [7, 11) is 0. The third-order valence-corrected chi connectivity index (χ3v) is 6.06. The van der Waals surface area contributed by atoms with Crippen LogP contribution >= 0.6 is 11.3 Å². The number of carbonyl (C=O) groups is 1. The lowest BCUT2D eigenvalue weighted by molar-refractivity contribution is 0.230. The number of benzene rings is 1. The minimum atomic E-state index is -0.718. The molecule has 3 heterocycles. The molecule has 0 fully saturated rings. The molecule has 29 heavy (non-hydrogen) atoms. The Kier molecular flexibility index (Phi) is 5.16. The Balaban J connectivity index is 1.91. The first kappa shape index (κ1) is 19.3. The average Bonchev–Trinajstić information content (AvgIpc) is 3.19. The van der Waals surface area contributed by atoms with E-state index in [-0.39, 0.29) is 13.2 Å². The quantitative estimate of drug-likeness (QED) is 0.614. The lowest BCUT2D eigenvalue weighted by atomic mass is 10.00. The largest absolute Gasteiger partial charge is 0.395 e. The minimum Gasteiger partial charge on any atom is -0.395 e. The second kappa shape index (κ2) is 7.76. The van der Waals surface area contributed by atoms with Crippen LogP contribution in [0.25, 0.3) is 5.00 Å². The van der Waals surface area contributed by atoms with Gasteiger partial charge in [0.05, 0.1) is 12.3 Å². The fourth-order valence-corrected chi connectivity index (χ4v) is 4.57. The Morgan fingerprint density at radius 2 is 1.97 bits per heavy atom. The van der Waals surface area contributed by atoms with Crippen LogP contribution in [0.3, 0.4) is 0 Å². The van der Waals surface area contributed by atoms with Crippen molar-refractivity contribution in [3.05, 3.63) is 63.5 Å². The maximum atomic E-state index is 12.3. The molecule has 8 nitrogen and oxygen atoms in total. The van der Waals surface area contributed by atoms with Gasteiger partial charge >= 0.3 is 6.03 Å². The van der Waals surface area contributed by atoms with E-state index in [1.807, 2.05) is 41.8 Å². The number of hydrogen-bond donors (Lipinski definition) is 3. The average molecular weight is 411 g/mol. The van der Waals surface area contributed by atoms with Gasteiger partial charge in [-0.05, 0) is 26.3 Å². The van der Waals surface area contributed by atoms with Crippen LogP contribution in [0.15, 0.2) is 35.3 Å². The molecular weight excluding hydrogens is 388 g/mol. The lowest BCUT2D eigenvalue weighted by Gasteiger charge is -2.15. The van der Waals surface area contributed by atoms with Crippen LogP contribution in [0, 0.1) is 20.8 Å². The van der Waals surface area contributed by atoms with Gasteiger partial charge in [0.2, 0.25) is 0 Å². The summed E-state index contributed by atoms with van der Waals surface area (Å²) in [5, 5.41) is 24.0. The van der Waals surface area contributed by atoms with E-state index in [2.05, 4.69) is 34.7 Å². The molecule has 3 aromatic rings. The summed E-state index contributed by atoms with van der Waals surface area (Å²) in [6.45, 7) is 6.09. The van der Waals surface area contributed by atoms with Crippen LogP contribution in [0.5, 0.6) is 0 Å². The molecule has 2 aromatic heterocycles. The molecule has 0 aliphatic carbocycles. The molecule has 9 heteroatoms. The summed E-state index contributed by atoms with van der Waals surface area (Å²) < 4.78 is 1.97. The molecule has 3 N–H and O–H groups in total. The SMILES string of the molecule is Cc1sc2c(c1C)C(c1ccccc1)=NC(NC(=O)NCCO)c1nnc(C)n1-2. The zero-order chi connectivity index (χ0) is 20.5. The second-order valence-corrected chi connectivity index (χ2v) is 7.98. The number of aliphatic hydroxyl groups excluding tert-OH is 1. The van der Waals surface area contributed by atoms with E-state index in [0.717, 1.165) is 33.2 Å². The van der Waals surface area contributed by atoms with Crippen molar-refractivity contribution in [2.24, 2.45) is 4.99 Å². The van der Waals surface area contributed by atoms with E-state index in [0.29, 0.717) is 5.82 Å². The van der Waals surface area contributed by atoms with Crippen molar-refractivity contribution < 1.29 is 9.90 Å². The highest BCUT2D eigenvalue weighted by Gasteiger charge is 2.31. The van der Waals surface area contributed by atoms with E-state index < -0.39 is 12.2 Å². The smallest absolute Gasteiger partial charge is 0.316 e. The third kappa shape index (κ3) is 3.43. The van der Waals surface area contributed by atoms with Crippen molar-refractivity contribution in [1.82, 2.24) is 25.4 Å². The van der Waals surface area contributed by atoms with E-state index in [1.54, 1.807) is 11.3 Å². The van der Waals surface area contributed by atoms with E-state index in [4.69, 9.17) is 10.1 Å². The fraction of sp³-hybridized carbons (Fsp3) is 0.300. The monoisotopic (exact) mass is 410 g/mol. The van der Waals surface area contributed by atoms with Crippen LogP contribution in [-0.2, 0) is 0 Å². The molecular formula is C20H22N6O2S. The number of amides is 2. The Hall–Kier alpha value is -3.04. The van der Waals surface area contributed by atoms with Gasteiger partial charge in [0.25, 0.3) is 0 Å². The Morgan fingerprint density at radius 1 is 1.21 bits per heavy atom. The van der Waals surface area contributed by atoms with E-state index in [9.17, 15) is 4.79 Å². The summed E-state index contributed by atoms with van der Waals surface area (Å²) >= 11 is 1.67. The molecule has 1 aliphatic heterocycles. The van der Waals surface area contributed by atoms with Crippen molar-refractivity contribution >= 4 is 23.1 Å². The second-order valence-electron chi connectivity index (χ2n) is 6.77. The maximum absolute atomic E-state index is 12.3. The summed E-state index contributed by atoms with van der Waals surface area (Å²) in [6, 6.07) is 9.50. The van der Waals surface area contributed by atoms with Gasteiger partial charge in [-0.3, -0.25) is 9.56 Å². The molecule has 0 saturated carbocycles. The number of fused-ring (bicyclic) bond motifs is 3. The number of nitrogens with one attached hydrogen (secondary N) is 2. The van der Waals surface area contributed by atoms with Gasteiger partial charge in [-0.1, -0.05) is 30.3 Å². The zero-order valence-electron chi connectivity index (χ0n) is 16.4. The third-order valence-electron chi connectivity index (χ3n) is 4.87. The summed E-state index contributed by atoms with van der Waals surface area (Å²) in [4.78, 5) is 18.4. The van der Waals surface area contributed by atoms with Crippen LogP contribution in [0.2, 0.25) is 0 Å². The lowest BCUT2D eigenvalue weighted by Crippen LogP contribution is -2.39. The fourth-order valence-electron chi connectivity index (χ4n) is 3.36. The number of aromatic nitrogens is 3. The number of aliphatic hydroxyl groups is 1. The number of aryl methyl sites for hydroxylation is 2. The normalized spacial score (nSPS) is 15.2. The highest BCUT2D eigenvalue weighted by atomic mass is 32.1. The van der Waals surface area contributed by atoms with Crippen LogP contribution in [-0.4, -0.2) is 44.8 Å². The topological polar surface area (TPSA) is 104 Å². The van der Waals surface area contributed by atoms with Crippen molar-refractivity contribution in [1.29, 1.82) is 0 Å². The molecule has 1 atom stereocenters. The molecule has 0 bridgehead atoms. The molecule has 1 unspecified atom stereocenters. The van der Waals surface area contributed by atoms with Gasteiger partial charge < -0.3 is 15.7 Å². The Bertz CT molecular complexity index is 1090. The van der Waals surface area contributed by atoms with Crippen molar-refractivity contribution in [3.8, 4) is 5.00 Å². The number of thiophene rings is 1. The number of nitrogens with zero attached hydrogens (tertiary/aromatic N) is 4. The standard InChI is InChI=1S/C20H22N6O2S/c1-11-12(2)29-19-15(11)16(14-7-5-4-6-8-14)22-17(23-20(28)21-9-10-27)18-25-24-13(3)26(18)19/h4-8,17,27H,9-10H2,1-3H3,(H2,21,23,28). The first-order valence-corrected chi connectivity index (χ1v) is 10.1. The molecule has 0 spiro atoms. The number of aliphatic imine (C=N–C) groups is 1. The van der Waals surface area contributed by atoms with Crippen LogP contribution in [0.4, 0.5) is 4.79 Å². The van der Waals surface area contributed by atoms with Gasteiger partial charge in [-0.15, -0.1) is 21.5 Å². The van der Waals surface area contributed by atoms with Gasteiger partial charge in [-0.2, -0.15) is 0 Å². The van der Waals surface area contributed by atoms with Gasteiger partial charge in [0, 0.05) is 22.5 Å². The zero-order valence-corrected chi connectivity index (χ0v) is 17.2. The number of hydrogen-bond acceptors (Lipinski definition) is 6. The summed E-state index contributed by atoms with van der Waals surface area (Å²) in [5.41, 5.74) is 3.95. The molecule has 1 aromatic carbocycles. The minimum absolute atomic E-state index is 0.137. The predicted octanol–water partition coefficient (Wildman–Crippen LogP) is 2.40. The molecule has 0 radical (unpaired) electrons. The van der Waals surface area contributed by atoms with E-state index >= 15 is 0 Å². The van der Waals surface area contributed by atoms with E-state index in [1.165, 1.54) is 4.88 Å². The summed E-state index contributed by atoms with van der Waals surface area (Å²) in [6.07, 6.45) is -0.718. The summed E-state index contributed by atoms with van der Waals surface area (Å²) in [5.74, 6) is 1.28. The van der Waals surface area contributed by atoms with Crippen LogP contribution < -0.4 is 10.6 Å².